The molecule has 2 aromatic rings. The fraction of sp³-hybridized carbons (Fsp3) is 0.0556. The van der Waals surface area contributed by atoms with Crippen molar-refractivity contribution in [3.63, 3.8) is 0 Å². The van der Waals surface area contributed by atoms with Gasteiger partial charge in [0, 0.05) is 11.1 Å². The van der Waals surface area contributed by atoms with Gasteiger partial charge in [-0.15, -0.1) is 0 Å². The zero-order chi connectivity index (χ0) is 14.9. The molecule has 0 aliphatic heterocycles. The molecule has 2 aromatic carbocycles. The summed E-state index contributed by atoms with van der Waals surface area (Å²) >= 11 is 1.12. The van der Waals surface area contributed by atoms with Crippen molar-refractivity contribution in [3.8, 4) is 17.6 Å². The Bertz CT molecular complexity index is 677. The molecule has 0 N–H and O–H groups in total. The summed E-state index contributed by atoms with van der Waals surface area (Å²) in [6.45, 7) is 0. The lowest BCUT2D eigenvalue weighted by Gasteiger charge is -2.00. The molecule has 0 spiro atoms. The highest BCUT2D eigenvalue weighted by Gasteiger charge is 2.03. The Morgan fingerprint density at radius 1 is 1.10 bits per heavy atom. The van der Waals surface area contributed by atoms with Gasteiger partial charge in [-0.25, -0.2) is 0 Å². The van der Waals surface area contributed by atoms with Gasteiger partial charge in [-0.2, -0.15) is 0 Å². The molecule has 0 heterocycles. The maximum atomic E-state index is 11.9. The number of carbonyl (C=O) groups is 1. The van der Waals surface area contributed by atoms with Crippen LogP contribution in [0.1, 0.15) is 15.9 Å². The summed E-state index contributed by atoms with van der Waals surface area (Å²) < 4.78 is 5.05. The average Bonchev–Trinajstić information content (AvgIpc) is 2.55. The van der Waals surface area contributed by atoms with E-state index >= 15 is 0 Å². The van der Waals surface area contributed by atoms with Gasteiger partial charge in [0.25, 0.3) is 0 Å². The summed E-state index contributed by atoms with van der Waals surface area (Å²) in [7, 11) is 1.60. The maximum absolute atomic E-state index is 11.9. The highest BCUT2D eigenvalue weighted by molar-refractivity contribution is 8.16. The quantitative estimate of drug-likeness (QED) is 0.796. The first-order valence-electron chi connectivity index (χ1n) is 6.36. The number of carbonyl (C=O) groups excluding carboxylic acids is 1. The van der Waals surface area contributed by atoms with Crippen LogP contribution in [0.5, 0.6) is 5.75 Å². The molecule has 2 nitrogen and oxygen atoms in total. The topological polar surface area (TPSA) is 26.3 Å². The van der Waals surface area contributed by atoms with E-state index in [0.717, 1.165) is 23.1 Å². The molecule has 0 bridgehead atoms. The van der Waals surface area contributed by atoms with Gasteiger partial charge >= 0.3 is 0 Å². The molecule has 0 atom stereocenters. The molecule has 0 aliphatic rings. The number of rotatable bonds is 3. The van der Waals surface area contributed by atoms with Crippen LogP contribution in [0.4, 0.5) is 0 Å². The Morgan fingerprint density at radius 3 is 2.48 bits per heavy atom. The Hall–Kier alpha value is -2.44. The zero-order valence-electron chi connectivity index (χ0n) is 11.6. The van der Waals surface area contributed by atoms with E-state index in [-0.39, 0.29) is 5.12 Å². The van der Waals surface area contributed by atoms with Gasteiger partial charge in [0.15, 0.2) is 0 Å². The van der Waals surface area contributed by atoms with Crippen molar-refractivity contribution < 1.29 is 9.53 Å². The second kappa shape index (κ2) is 7.98. The number of hydrogen-bond acceptors (Lipinski definition) is 3. The Morgan fingerprint density at radius 2 is 1.81 bits per heavy atom. The molecule has 0 amide bonds. The third kappa shape index (κ3) is 4.87. The van der Waals surface area contributed by atoms with Crippen LogP contribution in [0.15, 0.2) is 66.1 Å². The molecule has 0 saturated heterocycles. The van der Waals surface area contributed by atoms with Crippen molar-refractivity contribution in [1.82, 2.24) is 0 Å². The van der Waals surface area contributed by atoms with E-state index in [1.165, 1.54) is 0 Å². The zero-order valence-corrected chi connectivity index (χ0v) is 12.4. The van der Waals surface area contributed by atoms with E-state index in [1.54, 1.807) is 42.9 Å². The van der Waals surface area contributed by atoms with Crippen LogP contribution < -0.4 is 4.74 Å². The fourth-order valence-corrected chi connectivity index (χ4v) is 2.10. The molecule has 2 rings (SSSR count). The Balaban J connectivity index is 1.89. The highest BCUT2D eigenvalue weighted by Crippen LogP contribution is 2.17. The predicted molar refractivity (Wildman–Crippen MR) is 87.4 cm³/mol. The lowest BCUT2D eigenvalue weighted by atomic mass is 10.2. The van der Waals surface area contributed by atoms with E-state index < -0.39 is 0 Å². The summed E-state index contributed by atoms with van der Waals surface area (Å²) in [6.07, 6.45) is 1.68. The van der Waals surface area contributed by atoms with Gasteiger partial charge in [-0.05, 0) is 47.9 Å². The number of methoxy groups -OCH3 is 1. The van der Waals surface area contributed by atoms with Crippen molar-refractivity contribution in [2.75, 3.05) is 7.11 Å². The van der Waals surface area contributed by atoms with E-state index in [9.17, 15) is 4.79 Å². The van der Waals surface area contributed by atoms with Crippen LogP contribution in [0.3, 0.4) is 0 Å². The number of hydrogen-bond donors (Lipinski definition) is 0. The molecule has 0 unspecified atom stereocenters. The van der Waals surface area contributed by atoms with Crippen LogP contribution in [0.25, 0.3) is 0 Å². The molecule has 0 aromatic heterocycles. The smallest absolute Gasteiger partial charge is 0.223 e. The van der Waals surface area contributed by atoms with Gasteiger partial charge in [0.1, 0.15) is 5.75 Å². The van der Waals surface area contributed by atoms with Gasteiger partial charge in [-0.1, -0.05) is 41.8 Å². The molecule has 0 aliphatic carbocycles. The average molecular weight is 294 g/mol. The number of ether oxygens (including phenoxy) is 1. The van der Waals surface area contributed by atoms with Crippen molar-refractivity contribution >= 4 is 16.9 Å². The van der Waals surface area contributed by atoms with E-state index in [0.29, 0.717) is 5.56 Å². The van der Waals surface area contributed by atoms with Crippen molar-refractivity contribution in [2.24, 2.45) is 0 Å². The van der Waals surface area contributed by atoms with Gasteiger partial charge in [0.2, 0.25) is 5.12 Å². The number of allylic oxidation sites excluding steroid dienone is 1. The summed E-state index contributed by atoms with van der Waals surface area (Å²) in [4.78, 5) is 11.9. The molecule has 104 valence electrons. The summed E-state index contributed by atoms with van der Waals surface area (Å²) in [5.41, 5.74) is 1.59. The Labute approximate surface area is 128 Å². The minimum Gasteiger partial charge on any atom is -0.497 e. The van der Waals surface area contributed by atoms with Crippen LogP contribution >= 0.6 is 11.8 Å². The van der Waals surface area contributed by atoms with Crippen LogP contribution in [0, 0.1) is 11.8 Å². The second-order valence-electron chi connectivity index (χ2n) is 4.07. The van der Waals surface area contributed by atoms with Crippen LogP contribution in [0.2, 0.25) is 0 Å². The first kappa shape index (κ1) is 15.0. The third-order valence-corrected chi connectivity index (χ3v) is 3.36. The molecule has 0 radical (unpaired) electrons. The van der Waals surface area contributed by atoms with Gasteiger partial charge in [-0.3, -0.25) is 4.79 Å². The lowest BCUT2D eigenvalue weighted by molar-refractivity contribution is 0.109. The lowest BCUT2D eigenvalue weighted by Crippen LogP contribution is -1.91. The molecule has 0 saturated carbocycles. The largest absolute Gasteiger partial charge is 0.497 e. The predicted octanol–water partition coefficient (Wildman–Crippen LogP) is 4.13. The van der Waals surface area contributed by atoms with E-state index in [2.05, 4.69) is 11.8 Å². The van der Waals surface area contributed by atoms with Gasteiger partial charge in [0.05, 0.1) is 7.11 Å². The number of benzene rings is 2. The number of thioether (sulfide) groups is 1. The summed E-state index contributed by atoms with van der Waals surface area (Å²) in [6, 6.07) is 16.7. The van der Waals surface area contributed by atoms with Crippen molar-refractivity contribution in [3.05, 3.63) is 77.2 Å². The Kier molecular flexibility index (Phi) is 5.69. The third-order valence-electron chi connectivity index (χ3n) is 2.64. The molecular weight excluding hydrogens is 280 g/mol. The molecular formula is C18H14O2S. The normalized spacial score (nSPS) is 9.95. The summed E-state index contributed by atoms with van der Waals surface area (Å²) in [5, 5.41) is 1.68. The van der Waals surface area contributed by atoms with Crippen LogP contribution in [-0.2, 0) is 0 Å². The van der Waals surface area contributed by atoms with Crippen molar-refractivity contribution in [1.29, 1.82) is 0 Å². The fourth-order valence-electron chi connectivity index (χ4n) is 1.57. The minimum atomic E-state index is -0.0181. The maximum Gasteiger partial charge on any atom is 0.223 e. The van der Waals surface area contributed by atoms with Crippen LogP contribution in [-0.4, -0.2) is 12.2 Å². The molecule has 21 heavy (non-hydrogen) atoms. The van der Waals surface area contributed by atoms with Crippen molar-refractivity contribution in [2.45, 2.75) is 0 Å². The standard InChI is InChI=1S/C18H14O2S/c1-20-17-12-10-16(11-13-17)18(19)21-14-6-5-9-15-7-3-2-4-8-15/h2-4,6-8,10-14H,1H3/b14-6+. The first-order chi connectivity index (χ1) is 10.3. The van der Waals surface area contributed by atoms with E-state index in [1.807, 2.05) is 30.3 Å². The van der Waals surface area contributed by atoms with E-state index in [4.69, 9.17) is 4.74 Å². The SMILES string of the molecule is COc1ccc(C(=O)S/C=C/C#Cc2ccccc2)cc1. The van der Waals surface area contributed by atoms with Gasteiger partial charge < -0.3 is 4.74 Å². The molecule has 0 fully saturated rings. The monoisotopic (exact) mass is 294 g/mol. The summed E-state index contributed by atoms with van der Waals surface area (Å²) in [5.74, 6) is 6.64. The highest BCUT2D eigenvalue weighted by atomic mass is 32.2. The minimum absolute atomic E-state index is 0.0181. The second-order valence-corrected chi connectivity index (χ2v) is 4.95. The first-order valence-corrected chi connectivity index (χ1v) is 7.24. The molecule has 3 heteroatoms.